The van der Waals surface area contributed by atoms with Gasteiger partial charge in [0.25, 0.3) is 0 Å². The normalized spacial score (nSPS) is 25.6. The molecule has 3 heteroatoms. The van der Waals surface area contributed by atoms with Crippen LogP contribution < -0.4 is 4.74 Å². The van der Waals surface area contributed by atoms with E-state index in [1.54, 1.807) is 6.07 Å². The molecule has 110 valence electrons. The third-order valence-corrected chi connectivity index (χ3v) is 4.66. The van der Waals surface area contributed by atoms with Crippen LogP contribution in [0.1, 0.15) is 50.5 Å². The van der Waals surface area contributed by atoms with Crippen molar-refractivity contribution in [1.82, 2.24) is 0 Å². The van der Waals surface area contributed by atoms with Crippen LogP contribution in [0.3, 0.4) is 0 Å². The van der Waals surface area contributed by atoms with E-state index < -0.39 is 0 Å². The van der Waals surface area contributed by atoms with E-state index in [0.717, 1.165) is 37.9 Å². The summed E-state index contributed by atoms with van der Waals surface area (Å²) in [6.45, 7) is 2.73. The summed E-state index contributed by atoms with van der Waals surface area (Å²) < 4.78 is 25.5. The Balaban J connectivity index is 1.69. The van der Waals surface area contributed by atoms with Crippen LogP contribution in [-0.4, -0.2) is 18.3 Å². The highest BCUT2D eigenvalue weighted by atomic mass is 19.1. The molecule has 0 N–H and O–H groups in total. The molecule has 0 amide bonds. The Kier molecular flexibility index (Phi) is 3.97. The smallest absolute Gasteiger partial charge is 0.126 e. The van der Waals surface area contributed by atoms with Gasteiger partial charge < -0.3 is 9.47 Å². The molecule has 2 nitrogen and oxygen atoms in total. The van der Waals surface area contributed by atoms with E-state index in [1.807, 2.05) is 6.92 Å². The molecule has 1 unspecified atom stereocenters. The predicted octanol–water partition coefficient (Wildman–Crippen LogP) is 4.39. The van der Waals surface area contributed by atoms with Crippen molar-refractivity contribution in [3.8, 4) is 5.75 Å². The zero-order chi connectivity index (χ0) is 14.0. The van der Waals surface area contributed by atoms with Gasteiger partial charge in [-0.15, -0.1) is 0 Å². The Hall–Kier alpha value is -1.09. The van der Waals surface area contributed by atoms with Crippen molar-refractivity contribution in [2.45, 2.75) is 63.6 Å². The zero-order valence-electron chi connectivity index (χ0n) is 12.2. The first-order chi connectivity index (χ1) is 9.67. The van der Waals surface area contributed by atoms with Gasteiger partial charge in [0.1, 0.15) is 17.7 Å². The van der Waals surface area contributed by atoms with Crippen molar-refractivity contribution >= 4 is 0 Å². The van der Waals surface area contributed by atoms with Crippen molar-refractivity contribution in [1.29, 1.82) is 0 Å². The highest BCUT2D eigenvalue weighted by molar-refractivity contribution is 5.32. The van der Waals surface area contributed by atoms with Crippen LogP contribution in [-0.2, 0) is 4.74 Å². The summed E-state index contributed by atoms with van der Waals surface area (Å²) in [4.78, 5) is 0. The SMILES string of the molecule is Cc1ccc(F)cc1OC1CCOC2(CCCCC2)C1. The molecule has 1 aromatic carbocycles. The fraction of sp³-hybridized carbons (Fsp3) is 0.647. The summed E-state index contributed by atoms with van der Waals surface area (Å²) in [6.07, 6.45) is 8.13. The molecule has 1 heterocycles. The Bertz CT molecular complexity index is 461. The molecule has 1 aliphatic heterocycles. The van der Waals surface area contributed by atoms with Crippen molar-refractivity contribution in [2.75, 3.05) is 6.61 Å². The van der Waals surface area contributed by atoms with Crippen molar-refractivity contribution < 1.29 is 13.9 Å². The lowest BCUT2D eigenvalue weighted by molar-refractivity contribution is -0.129. The molecule has 1 spiro atoms. The van der Waals surface area contributed by atoms with E-state index in [0.29, 0.717) is 5.75 Å². The molecule has 2 fully saturated rings. The number of aryl methyl sites for hydroxylation is 1. The van der Waals surface area contributed by atoms with Gasteiger partial charge >= 0.3 is 0 Å². The molecule has 0 aromatic heterocycles. The van der Waals surface area contributed by atoms with E-state index in [1.165, 1.54) is 31.4 Å². The number of ether oxygens (including phenoxy) is 2. The molecule has 0 bridgehead atoms. The van der Waals surface area contributed by atoms with Gasteiger partial charge in [0.15, 0.2) is 0 Å². The van der Waals surface area contributed by atoms with E-state index in [-0.39, 0.29) is 17.5 Å². The second-order valence-corrected chi connectivity index (χ2v) is 6.23. The minimum absolute atomic E-state index is 0.0302. The predicted molar refractivity (Wildman–Crippen MR) is 76.6 cm³/mol. The average molecular weight is 278 g/mol. The average Bonchev–Trinajstić information content (AvgIpc) is 2.44. The molecule has 0 radical (unpaired) electrons. The number of hydrogen-bond donors (Lipinski definition) is 0. The van der Waals surface area contributed by atoms with Crippen LogP contribution in [0, 0.1) is 12.7 Å². The minimum Gasteiger partial charge on any atom is -0.490 e. The van der Waals surface area contributed by atoms with Gasteiger partial charge in [0.2, 0.25) is 0 Å². The molecular formula is C17H23FO2. The lowest BCUT2D eigenvalue weighted by atomic mass is 9.79. The number of benzene rings is 1. The molecule has 1 atom stereocenters. The van der Waals surface area contributed by atoms with Gasteiger partial charge in [-0.1, -0.05) is 25.3 Å². The largest absolute Gasteiger partial charge is 0.490 e. The van der Waals surface area contributed by atoms with Gasteiger partial charge in [-0.2, -0.15) is 0 Å². The highest BCUT2D eigenvalue weighted by Gasteiger charge is 2.39. The molecule has 1 aliphatic carbocycles. The fourth-order valence-electron chi connectivity index (χ4n) is 3.51. The minimum atomic E-state index is -0.231. The van der Waals surface area contributed by atoms with Crippen LogP contribution in [0.5, 0.6) is 5.75 Å². The first-order valence-corrected chi connectivity index (χ1v) is 7.74. The Morgan fingerprint density at radius 1 is 1.25 bits per heavy atom. The lowest BCUT2D eigenvalue weighted by Crippen LogP contribution is -2.45. The van der Waals surface area contributed by atoms with Crippen LogP contribution in [0.15, 0.2) is 18.2 Å². The maximum absolute atomic E-state index is 13.3. The van der Waals surface area contributed by atoms with Crippen LogP contribution in [0.2, 0.25) is 0 Å². The summed E-state index contributed by atoms with van der Waals surface area (Å²) in [5.74, 6) is 0.452. The van der Waals surface area contributed by atoms with Gasteiger partial charge in [-0.25, -0.2) is 4.39 Å². The molecule has 1 aromatic rings. The molecule has 1 saturated heterocycles. The van der Waals surface area contributed by atoms with Gasteiger partial charge in [0, 0.05) is 18.9 Å². The van der Waals surface area contributed by atoms with Gasteiger partial charge in [0.05, 0.1) is 12.2 Å². The Labute approximate surface area is 120 Å². The van der Waals surface area contributed by atoms with E-state index in [2.05, 4.69) is 0 Å². The van der Waals surface area contributed by atoms with Crippen LogP contribution in [0.4, 0.5) is 4.39 Å². The van der Waals surface area contributed by atoms with Crippen molar-refractivity contribution in [3.05, 3.63) is 29.6 Å². The summed E-state index contributed by atoms with van der Waals surface area (Å²) in [5.41, 5.74) is 1.03. The Morgan fingerprint density at radius 2 is 2.05 bits per heavy atom. The monoisotopic (exact) mass is 278 g/mol. The fourth-order valence-corrected chi connectivity index (χ4v) is 3.51. The number of halogens is 1. The quantitative estimate of drug-likeness (QED) is 0.798. The maximum atomic E-state index is 13.3. The van der Waals surface area contributed by atoms with E-state index >= 15 is 0 Å². The molecular weight excluding hydrogens is 255 g/mol. The summed E-state index contributed by atoms with van der Waals surface area (Å²) in [5, 5.41) is 0. The summed E-state index contributed by atoms with van der Waals surface area (Å²) in [7, 11) is 0. The first-order valence-electron chi connectivity index (χ1n) is 7.74. The second-order valence-electron chi connectivity index (χ2n) is 6.23. The molecule has 20 heavy (non-hydrogen) atoms. The van der Waals surface area contributed by atoms with Gasteiger partial charge in [-0.05, 0) is 31.4 Å². The summed E-state index contributed by atoms with van der Waals surface area (Å²) >= 11 is 0. The second kappa shape index (κ2) is 5.72. The third-order valence-electron chi connectivity index (χ3n) is 4.66. The number of rotatable bonds is 2. The third kappa shape index (κ3) is 2.98. The van der Waals surface area contributed by atoms with Crippen LogP contribution in [0.25, 0.3) is 0 Å². The van der Waals surface area contributed by atoms with Crippen molar-refractivity contribution in [2.24, 2.45) is 0 Å². The van der Waals surface area contributed by atoms with Crippen LogP contribution >= 0.6 is 0 Å². The van der Waals surface area contributed by atoms with Crippen molar-refractivity contribution in [3.63, 3.8) is 0 Å². The molecule has 1 saturated carbocycles. The summed E-state index contributed by atoms with van der Waals surface area (Å²) in [6, 6.07) is 4.76. The number of hydrogen-bond acceptors (Lipinski definition) is 2. The Morgan fingerprint density at radius 3 is 2.85 bits per heavy atom. The van der Waals surface area contributed by atoms with E-state index in [4.69, 9.17) is 9.47 Å². The molecule has 2 aliphatic rings. The maximum Gasteiger partial charge on any atom is 0.126 e. The van der Waals surface area contributed by atoms with E-state index in [9.17, 15) is 4.39 Å². The van der Waals surface area contributed by atoms with Gasteiger partial charge in [-0.3, -0.25) is 0 Å². The topological polar surface area (TPSA) is 18.5 Å². The zero-order valence-corrected chi connectivity index (χ0v) is 12.2. The first kappa shape index (κ1) is 13.9. The highest BCUT2D eigenvalue weighted by Crippen LogP contribution is 2.39. The standard InChI is InChI=1S/C17H23FO2/c1-13-5-6-14(18)11-16(13)20-15-7-10-19-17(12-15)8-3-2-4-9-17/h5-6,11,15H,2-4,7-10,12H2,1H3. The lowest BCUT2D eigenvalue weighted by Gasteiger charge is -2.43. The molecule has 3 rings (SSSR count).